The second-order valence-electron chi connectivity index (χ2n) is 2.68. The van der Waals surface area contributed by atoms with E-state index in [0.717, 1.165) is 15.2 Å². The van der Waals surface area contributed by atoms with Crippen molar-refractivity contribution in [2.24, 2.45) is 0 Å². The molecule has 0 saturated heterocycles. The number of halogens is 1. The van der Waals surface area contributed by atoms with E-state index in [1.165, 1.54) is 8.96 Å². The van der Waals surface area contributed by atoms with Gasteiger partial charge in [-0.25, -0.2) is 0 Å². The molecule has 0 aliphatic heterocycles. The van der Waals surface area contributed by atoms with Crippen LogP contribution in [0.5, 0.6) is 0 Å². The van der Waals surface area contributed by atoms with E-state index in [2.05, 4.69) is 41.3 Å². The van der Waals surface area contributed by atoms with Crippen molar-refractivity contribution < 1.29 is 5.11 Å². The fourth-order valence-corrected chi connectivity index (χ4v) is 3.82. The Morgan fingerprint density at radius 3 is 3.00 bits per heavy atom. The molecule has 2 rings (SSSR count). The standard InChI is InChI=1S/C9H7IOS2/c10-7-3-8(12)6(4-11)9-5(7)1-2-13-9/h1-3,11-12H,4H2. The molecule has 13 heavy (non-hydrogen) atoms. The summed E-state index contributed by atoms with van der Waals surface area (Å²) in [7, 11) is 0. The van der Waals surface area contributed by atoms with E-state index in [4.69, 9.17) is 0 Å². The molecule has 0 unspecified atom stereocenters. The number of aliphatic hydroxyl groups excluding tert-OH is 1. The maximum atomic E-state index is 9.18. The first kappa shape index (κ1) is 9.76. The smallest absolute Gasteiger partial charge is 0.0706 e. The van der Waals surface area contributed by atoms with Gasteiger partial charge in [0, 0.05) is 24.1 Å². The molecule has 0 fully saturated rings. The molecule has 0 atom stereocenters. The number of thiol groups is 1. The van der Waals surface area contributed by atoms with Crippen LogP contribution >= 0.6 is 46.6 Å². The van der Waals surface area contributed by atoms with Crippen molar-refractivity contribution in [3.05, 3.63) is 26.6 Å². The Morgan fingerprint density at radius 1 is 1.54 bits per heavy atom. The van der Waals surface area contributed by atoms with E-state index in [1.54, 1.807) is 11.3 Å². The summed E-state index contributed by atoms with van der Waals surface area (Å²) in [5.41, 5.74) is 0.939. The van der Waals surface area contributed by atoms with Crippen molar-refractivity contribution in [1.82, 2.24) is 0 Å². The predicted octanol–water partition coefficient (Wildman–Crippen LogP) is 3.29. The van der Waals surface area contributed by atoms with Crippen LogP contribution in [0.1, 0.15) is 5.56 Å². The van der Waals surface area contributed by atoms with Crippen LogP contribution in [0.3, 0.4) is 0 Å². The minimum absolute atomic E-state index is 0.0623. The Hall–Kier alpha value is 0.220. The lowest BCUT2D eigenvalue weighted by Crippen LogP contribution is -1.87. The van der Waals surface area contributed by atoms with Crippen molar-refractivity contribution >= 4 is 56.6 Å². The Morgan fingerprint density at radius 2 is 2.31 bits per heavy atom. The molecule has 2 aromatic rings. The lowest BCUT2D eigenvalue weighted by Gasteiger charge is -2.04. The number of hydrogen-bond acceptors (Lipinski definition) is 3. The molecule has 0 aliphatic carbocycles. The van der Waals surface area contributed by atoms with Gasteiger partial charge in [-0.2, -0.15) is 0 Å². The van der Waals surface area contributed by atoms with Crippen LogP contribution in [0, 0.1) is 3.57 Å². The monoisotopic (exact) mass is 322 g/mol. The normalized spacial score (nSPS) is 11.0. The molecule has 4 heteroatoms. The number of hydrogen-bond donors (Lipinski definition) is 2. The van der Waals surface area contributed by atoms with E-state index in [9.17, 15) is 5.11 Å². The van der Waals surface area contributed by atoms with Crippen molar-refractivity contribution in [3.8, 4) is 0 Å². The van der Waals surface area contributed by atoms with Gasteiger partial charge in [-0.15, -0.1) is 24.0 Å². The fraction of sp³-hybridized carbons (Fsp3) is 0.111. The molecule has 1 N–H and O–H groups in total. The molecule has 1 aromatic heterocycles. The van der Waals surface area contributed by atoms with Gasteiger partial charge in [0.15, 0.2) is 0 Å². The predicted molar refractivity (Wildman–Crippen MR) is 67.7 cm³/mol. The molecule has 0 spiro atoms. The molecule has 0 radical (unpaired) electrons. The molecular formula is C9H7IOS2. The van der Waals surface area contributed by atoms with E-state index < -0.39 is 0 Å². The second kappa shape index (κ2) is 3.76. The number of fused-ring (bicyclic) bond motifs is 1. The summed E-state index contributed by atoms with van der Waals surface area (Å²) in [6, 6.07) is 4.07. The Kier molecular flexibility index (Phi) is 2.83. The van der Waals surface area contributed by atoms with Crippen molar-refractivity contribution in [3.63, 3.8) is 0 Å². The molecular weight excluding hydrogens is 315 g/mol. The zero-order chi connectivity index (χ0) is 9.42. The van der Waals surface area contributed by atoms with E-state index in [0.29, 0.717) is 0 Å². The van der Waals surface area contributed by atoms with Crippen LogP contribution in [0.25, 0.3) is 10.1 Å². The lowest BCUT2D eigenvalue weighted by molar-refractivity contribution is 0.281. The molecule has 0 aliphatic rings. The quantitative estimate of drug-likeness (QED) is 0.610. The van der Waals surface area contributed by atoms with Crippen molar-refractivity contribution in [1.29, 1.82) is 0 Å². The number of benzene rings is 1. The van der Waals surface area contributed by atoms with Crippen LogP contribution in [0.4, 0.5) is 0 Å². The Balaban J connectivity index is 2.88. The summed E-state index contributed by atoms with van der Waals surface area (Å²) in [4.78, 5) is 0.877. The van der Waals surface area contributed by atoms with Crippen LogP contribution in [0.2, 0.25) is 0 Å². The number of thiophene rings is 1. The summed E-state index contributed by atoms with van der Waals surface area (Å²) < 4.78 is 2.34. The molecule has 0 saturated carbocycles. The summed E-state index contributed by atoms with van der Waals surface area (Å²) in [6.07, 6.45) is 0. The van der Waals surface area contributed by atoms with Gasteiger partial charge in [0.2, 0.25) is 0 Å². The lowest BCUT2D eigenvalue weighted by atomic mass is 10.2. The van der Waals surface area contributed by atoms with Gasteiger partial charge >= 0.3 is 0 Å². The zero-order valence-corrected chi connectivity index (χ0v) is 10.5. The van der Waals surface area contributed by atoms with Crippen molar-refractivity contribution in [2.45, 2.75) is 11.5 Å². The SMILES string of the molecule is OCc1c(S)cc(I)c2ccsc12. The van der Waals surface area contributed by atoms with Gasteiger partial charge < -0.3 is 5.11 Å². The van der Waals surface area contributed by atoms with Gasteiger partial charge in [-0.3, -0.25) is 0 Å². The third-order valence-electron chi connectivity index (χ3n) is 1.93. The van der Waals surface area contributed by atoms with E-state index in [1.807, 2.05) is 11.4 Å². The van der Waals surface area contributed by atoms with Crippen LogP contribution < -0.4 is 0 Å². The van der Waals surface area contributed by atoms with Crippen molar-refractivity contribution in [2.75, 3.05) is 0 Å². The summed E-state index contributed by atoms with van der Waals surface area (Å²) in [5, 5.41) is 12.4. The third-order valence-corrected chi connectivity index (χ3v) is 4.19. The first-order chi connectivity index (χ1) is 6.24. The highest BCUT2D eigenvalue weighted by molar-refractivity contribution is 14.1. The minimum atomic E-state index is 0.0623. The van der Waals surface area contributed by atoms with Gasteiger partial charge in [0.25, 0.3) is 0 Å². The average molecular weight is 322 g/mol. The van der Waals surface area contributed by atoms with Gasteiger partial charge in [-0.05, 0) is 40.1 Å². The first-order valence-electron chi connectivity index (χ1n) is 3.72. The highest BCUT2D eigenvalue weighted by atomic mass is 127. The Bertz CT molecular complexity index is 450. The third kappa shape index (κ3) is 1.60. The maximum Gasteiger partial charge on any atom is 0.0706 e. The molecule has 1 nitrogen and oxygen atoms in total. The highest BCUT2D eigenvalue weighted by Gasteiger charge is 2.08. The molecule has 0 bridgehead atoms. The maximum absolute atomic E-state index is 9.18. The van der Waals surface area contributed by atoms with E-state index >= 15 is 0 Å². The fourth-order valence-electron chi connectivity index (χ4n) is 1.29. The minimum Gasteiger partial charge on any atom is -0.392 e. The molecule has 1 heterocycles. The second-order valence-corrected chi connectivity index (χ2v) is 5.24. The molecule has 68 valence electrons. The molecule has 0 amide bonds. The summed E-state index contributed by atoms with van der Waals surface area (Å²) >= 11 is 8.28. The van der Waals surface area contributed by atoms with Gasteiger partial charge in [0.05, 0.1) is 6.61 Å². The van der Waals surface area contributed by atoms with Gasteiger partial charge in [-0.1, -0.05) is 0 Å². The average Bonchev–Trinajstić information content (AvgIpc) is 2.53. The van der Waals surface area contributed by atoms with E-state index in [-0.39, 0.29) is 6.61 Å². The van der Waals surface area contributed by atoms with Crippen LogP contribution in [-0.4, -0.2) is 5.11 Å². The van der Waals surface area contributed by atoms with Crippen LogP contribution in [-0.2, 0) is 6.61 Å². The first-order valence-corrected chi connectivity index (χ1v) is 6.13. The number of aliphatic hydroxyl groups is 1. The summed E-state index contributed by atoms with van der Waals surface area (Å²) in [5.74, 6) is 0. The van der Waals surface area contributed by atoms with Gasteiger partial charge in [0.1, 0.15) is 0 Å². The topological polar surface area (TPSA) is 20.2 Å². The molecule has 1 aromatic carbocycles. The zero-order valence-electron chi connectivity index (χ0n) is 6.62. The summed E-state index contributed by atoms with van der Waals surface area (Å²) in [6.45, 7) is 0.0623. The Labute approximate surface area is 99.3 Å². The largest absolute Gasteiger partial charge is 0.392 e. The number of rotatable bonds is 1. The highest BCUT2D eigenvalue weighted by Crippen LogP contribution is 2.33. The van der Waals surface area contributed by atoms with Crippen LogP contribution in [0.15, 0.2) is 22.4 Å².